The molecule has 3 nitrogen and oxygen atoms in total. The molecule has 18 heavy (non-hydrogen) atoms. The van der Waals surface area contributed by atoms with E-state index >= 15 is 0 Å². The highest BCUT2D eigenvalue weighted by Gasteiger charge is 2.26. The Kier molecular flexibility index (Phi) is 4.11. The Morgan fingerprint density at radius 3 is 2.78 bits per heavy atom. The molecule has 1 aromatic rings. The second-order valence-electron chi connectivity index (χ2n) is 5.08. The summed E-state index contributed by atoms with van der Waals surface area (Å²) in [6, 6.07) is 7.51. The van der Waals surface area contributed by atoms with E-state index in [4.69, 9.17) is 21.6 Å². The van der Waals surface area contributed by atoms with Crippen molar-refractivity contribution >= 4 is 17.3 Å². The standard InChI is InChI=1S/C14H17ClN2O/c1-14(4-6-18-7-5-14)10-17-12-3-2-11(9-16)13(15)8-12/h2-3,8,17H,4-7,10H2,1H3. The molecule has 0 radical (unpaired) electrons. The Labute approximate surface area is 113 Å². The van der Waals surface area contributed by atoms with Crippen LogP contribution in [0.25, 0.3) is 0 Å². The van der Waals surface area contributed by atoms with Gasteiger partial charge in [-0.05, 0) is 36.5 Å². The molecule has 4 heteroatoms. The van der Waals surface area contributed by atoms with E-state index in [9.17, 15) is 0 Å². The third-order valence-corrected chi connectivity index (χ3v) is 3.82. The summed E-state index contributed by atoms with van der Waals surface area (Å²) in [6.07, 6.45) is 2.15. The number of halogens is 1. The van der Waals surface area contributed by atoms with Crippen molar-refractivity contribution < 1.29 is 4.74 Å². The van der Waals surface area contributed by atoms with Crippen LogP contribution in [0, 0.1) is 16.7 Å². The molecule has 0 aromatic heterocycles. The van der Waals surface area contributed by atoms with Gasteiger partial charge in [-0.2, -0.15) is 5.26 Å². The first-order valence-electron chi connectivity index (χ1n) is 6.14. The molecular formula is C14H17ClN2O. The molecule has 1 fully saturated rings. The molecule has 0 spiro atoms. The van der Waals surface area contributed by atoms with Gasteiger partial charge in [0.05, 0.1) is 10.6 Å². The Hall–Kier alpha value is -1.24. The van der Waals surface area contributed by atoms with Crippen LogP contribution in [-0.2, 0) is 4.74 Å². The van der Waals surface area contributed by atoms with Gasteiger partial charge in [0.1, 0.15) is 6.07 Å². The summed E-state index contributed by atoms with van der Waals surface area (Å²) in [4.78, 5) is 0. The van der Waals surface area contributed by atoms with Gasteiger partial charge < -0.3 is 10.1 Å². The number of hydrogen-bond acceptors (Lipinski definition) is 3. The van der Waals surface area contributed by atoms with Crippen LogP contribution < -0.4 is 5.32 Å². The van der Waals surface area contributed by atoms with E-state index in [1.165, 1.54) is 0 Å². The van der Waals surface area contributed by atoms with Crippen LogP contribution in [-0.4, -0.2) is 19.8 Å². The van der Waals surface area contributed by atoms with Crippen LogP contribution >= 0.6 is 11.6 Å². The van der Waals surface area contributed by atoms with Crippen LogP contribution in [0.1, 0.15) is 25.3 Å². The lowest BCUT2D eigenvalue weighted by Crippen LogP contribution is -2.33. The summed E-state index contributed by atoms with van der Waals surface area (Å²) in [6.45, 7) is 4.85. The molecule has 1 heterocycles. The summed E-state index contributed by atoms with van der Waals surface area (Å²) in [5, 5.41) is 12.7. The topological polar surface area (TPSA) is 45.0 Å². The highest BCUT2D eigenvalue weighted by Crippen LogP contribution is 2.30. The number of hydrogen-bond donors (Lipinski definition) is 1. The minimum Gasteiger partial charge on any atom is -0.384 e. The SMILES string of the molecule is CC1(CNc2ccc(C#N)c(Cl)c2)CCOCC1. The average molecular weight is 265 g/mol. The van der Waals surface area contributed by atoms with Crippen LogP contribution in [0.4, 0.5) is 5.69 Å². The molecule has 0 unspecified atom stereocenters. The summed E-state index contributed by atoms with van der Waals surface area (Å²) in [5.41, 5.74) is 1.75. The van der Waals surface area contributed by atoms with Crippen molar-refractivity contribution in [3.63, 3.8) is 0 Å². The van der Waals surface area contributed by atoms with Gasteiger partial charge in [0.15, 0.2) is 0 Å². The third kappa shape index (κ3) is 3.16. The number of ether oxygens (including phenoxy) is 1. The van der Waals surface area contributed by atoms with Crippen molar-refractivity contribution in [3.8, 4) is 6.07 Å². The molecule has 1 aliphatic rings. The predicted octanol–water partition coefficient (Wildman–Crippen LogP) is 3.44. The van der Waals surface area contributed by atoms with Crippen molar-refractivity contribution in [2.45, 2.75) is 19.8 Å². The first-order chi connectivity index (χ1) is 8.63. The minimum absolute atomic E-state index is 0.276. The van der Waals surface area contributed by atoms with Gasteiger partial charge in [0, 0.05) is 25.4 Å². The fourth-order valence-electron chi connectivity index (χ4n) is 2.07. The van der Waals surface area contributed by atoms with Crippen molar-refractivity contribution in [3.05, 3.63) is 28.8 Å². The normalized spacial score (nSPS) is 18.1. The molecule has 1 aromatic carbocycles. The molecule has 0 bridgehead atoms. The number of rotatable bonds is 3. The van der Waals surface area contributed by atoms with Gasteiger partial charge in [0.25, 0.3) is 0 Å². The molecule has 2 rings (SSSR count). The third-order valence-electron chi connectivity index (χ3n) is 3.51. The maximum absolute atomic E-state index is 8.82. The van der Waals surface area contributed by atoms with E-state index in [1.54, 1.807) is 6.07 Å². The van der Waals surface area contributed by atoms with E-state index in [0.29, 0.717) is 10.6 Å². The average Bonchev–Trinajstić information content (AvgIpc) is 2.38. The Balaban J connectivity index is 1.98. The number of nitrogens with zero attached hydrogens (tertiary/aromatic N) is 1. The zero-order chi connectivity index (χ0) is 13.0. The van der Waals surface area contributed by atoms with E-state index in [1.807, 2.05) is 12.1 Å². The van der Waals surface area contributed by atoms with Gasteiger partial charge in [-0.25, -0.2) is 0 Å². The first kappa shape index (κ1) is 13.2. The Morgan fingerprint density at radius 2 is 2.17 bits per heavy atom. The fourth-order valence-corrected chi connectivity index (χ4v) is 2.29. The zero-order valence-corrected chi connectivity index (χ0v) is 11.3. The largest absolute Gasteiger partial charge is 0.384 e. The smallest absolute Gasteiger partial charge is 0.101 e. The maximum Gasteiger partial charge on any atom is 0.101 e. The van der Waals surface area contributed by atoms with Gasteiger partial charge in [-0.1, -0.05) is 18.5 Å². The quantitative estimate of drug-likeness (QED) is 0.910. The molecule has 1 saturated heterocycles. The van der Waals surface area contributed by atoms with Crippen LogP contribution in [0.15, 0.2) is 18.2 Å². The lowest BCUT2D eigenvalue weighted by atomic mass is 9.82. The summed E-state index contributed by atoms with van der Waals surface area (Å²) >= 11 is 6.00. The summed E-state index contributed by atoms with van der Waals surface area (Å²) < 4.78 is 5.38. The molecule has 1 aliphatic heterocycles. The van der Waals surface area contributed by atoms with Crippen LogP contribution in [0.2, 0.25) is 5.02 Å². The number of nitriles is 1. The summed E-state index contributed by atoms with van der Waals surface area (Å²) in [5.74, 6) is 0. The second kappa shape index (κ2) is 5.60. The minimum atomic E-state index is 0.276. The number of anilines is 1. The Morgan fingerprint density at radius 1 is 1.44 bits per heavy atom. The molecule has 0 aliphatic carbocycles. The van der Waals surface area contributed by atoms with Crippen molar-refractivity contribution in [2.24, 2.45) is 5.41 Å². The van der Waals surface area contributed by atoms with E-state index in [0.717, 1.165) is 38.3 Å². The molecule has 0 amide bonds. The first-order valence-corrected chi connectivity index (χ1v) is 6.52. The van der Waals surface area contributed by atoms with Crippen LogP contribution in [0.3, 0.4) is 0 Å². The van der Waals surface area contributed by atoms with Crippen molar-refractivity contribution in [2.75, 3.05) is 25.1 Å². The van der Waals surface area contributed by atoms with E-state index in [2.05, 4.69) is 18.3 Å². The summed E-state index contributed by atoms with van der Waals surface area (Å²) in [7, 11) is 0. The predicted molar refractivity (Wildman–Crippen MR) is 72.8 cm³/mol. The van der Waals surface area contributed by atoms with Gasteiger partial charge in [0.2, 0.25) is 0 Å². The Bertz CT molecular complexity index is 461. The van der Waals surface area contributed by atoms with Gasteiger partial charge in [-0.15, -0.1) is 0 Å². The number of benzene rings is 1. The van der Waals surface area contributed by atoms with Gasteiger partial charge >= 0.3 is 0 Å². The second-order valence-corrected chi connectivity index (χ2v) is 5.49. The van der Waals surface area contributed by atoms with Crippen molar-refractivity contribution in [1.82, 2.24) is 0 Å². The zero-order valence-electron chi connectivity index (χ0n) is 10.5. The van der Waals surface area contributed by atoms with Gasteiger partial charge in [-0.3, -0.25) is 0 Å². The molecule has 96 valence electrons. The highest BCUT2D eigenvalue weighted by atomic mass is 35.5. The number of nitrogens with one attached hydrogen (secondary N) is 1. The lowest BCUT2D eigenvalue weighted by molar-refractivity contribution is 0.0300. The van der Waals surface area contributed by atoms with Crippen molar-refractivity contribution in [1.29, 1.82) is 5.26 Å². The lowest BCUT2D eigenvalue weighted by Gasteiger charge is -2.33. The van der Waals surface area contributed by atoms with Crippen LogP contribution in [0.5, 0.6) is 0 Å². The monoisotopic (exact) mass is 264 g/mol. The molecular weight excluding hydrogens is 248 g/mol. The maximum atomic E-state index is 8.82. The molecule has 1 N–H and O–H groups in total. The molecule has 0 saturated carbocycles. The van der Waals surface area contributed by atoms with E-state index in [-0.39, 0.29) is 5.41 Å². The fraction of sp³-hybridized carbons (Fsp3) is 0.500. The molecule has 0 atom stereocenters. The van der Waals surface area contributed by atoms with E-state index < -0.39 is 0 Å². The highest BCUT2D eigenvalue weighted by molar-refractivity contribution is 6.32.